The molecule has 0 heterocycles. The van der Waals surface area contributed by atoms with Gasteiger partial charge in [0.1, 0.15) is 0 Å². The van der Waals surface area contributed by atoms with Gasteiger partial charge in [-0.15, -0.1) is 0 Å². The van der Waals surface area contributed by atoms with E-state index >= 15 is 0 Å². The van der Waals surface area contributed by atoms with E-state index < -0.39 is 0 Å². The molecule has 114 valence electrons. The van der Waals surface area contributed by atoms with Gasteiger partial charge >= 0.3 is 0 Å². The second kappa shape index (κ2) is 5.72. The molecule has 4 heteroatoms. The molecule has 1 aliphatic carbocycles. The summed E-state index contributed by atoms with van der Waals surface area (Å²) in [5, 5.41) is 6.31. The summed E-state index contributed by atoms with van der Waals surface area (Å²) < 4.78 is 0. The van der Waals surface area contributed by atoms with Gasteiger partial charge in [0.2, 0.25) is 0 Å². The van der Waals surface area contributed by atoms with Gasteiger partial charge in [0.05, 0.1) is 11.4 Å². The Morgan fingerprint density at radius 2 is 1.86 bits per heavy atom. The Morgan fingerprint density at radius 1 is 1.09 bits per heavy atom. The second-order valence-corrected chi connectivity index (χ2v) is 5.99. The molecule has 0 spiro atoms. The van der Waals surface area contributed by atoms with Crippen molar-refractivity contribution in [1.29, 1.82) is 0 Å². The summed E-state index contributed by atoms with van der Waals surface area (Å²) in [4.78, 5) is 12.0. The summed E-state index contributed by atoms with van der Waals surface area (Å²) in [5.41, 5.74) is 11.5. The van der Waals surface area contributed by atoms with Crippen molar-refractivity contribution < 1.29 is 4.79 Å². The Bertz CT molecular complexity index is 720. The van der Waals surface area contributed by atoms with Crippen LogP contribution in [0.1, 0.15) is 34.3 Å². The molecule has 3 rings (SSSR count). The number of benzene rings is 2. The lowest BCUT2D eigenvalue weighted by atomic mass is 10.1. The molecule has 0 aromatic heterocycles. The molecule has 0 unspecified atom stereocenters. The molecule has 0 saturated heterocycles. The minimum absolute atomic E-state index is 0.0486. The quantitative estimate of drug-likeness (QED) is 0.756. The molecular weight excluding hydrogens is 274 g/mol. The van der Waals surface area contributed by atoms with Gasteiger partial charge in [-0.1, -0.05) is 12.1 Å². The van der Waals surface area contributed by atoms with Crippen LogP contribution in [0.3, 0.4) is 0 Å². The number of aryl methyl sites for hydroxylation is 2. The van der Waals surface area contributed by atoms with Gasteiger partial charge in [-0.2, -0.15) is 0 Å². The molecule has 1 amide bonds. The van der Waals surface area contributed by atoms with E-state index in [2.05, 4.69) is 42.7 Å². The van der Waals surface area contributed by atoms with E-state index in [9.17, 15) is 4.79 Å². The summed E-state index contributed by atoms with van der Waals surface area (Å²) >= 11 is 0. The first kappa shape index (κ1) is 14.4. The molecule has 0 radical (unpaired) electrons. The van der Waals surface area contributed by atoms with Crippen LogP contribution in [-0.2, 0) is 0 Å². The van der Waals surface area contributed by atoms with Gasteiger partial charge in [-0.25, -0.2) is 0 Å². The van der Waals surface area contributed by atoms with E-state index in [0.29, 0.717) is 17.3 Å². The molecule has 4 N–H and O–H groups in total. The predicted octanol–water partition coefficient (Wildman–Crippen LogP) is 3.52. The van der Waals surface area contributed by atoms with Crippen molar-refractivity contribution in [1.82, 2.24) is 5.32 Å². The smallest absolute Gasteiger partial charge is 0.251 e. The SMILES string of the molecule is Cc1ccc(C)c(Nc2ccc(C(=O)NC3CC3)cc2N)c1. The topological polar surface area (TPSA) is 67.2 Å². The number of amides is 1. The summed E-state index contributed by atoms with van der Waals surface area (Å²) in [6, 6.07) is 12.0. The lowest BCUT2D eigenvalue weighted by molar-refractivity contribution is 0.0951. The minimum Gasteiger partial charge on any atom is -0.397 e. The van der Waals surface area contributed by atoms with Crippen LogP contribution >= 0.6 is 0 Å². The fraction of sp³-hybridized carbons (Fsp3) is 0.278. The number of anilines is 3. The Balaban J connectivity index is 1.79. The number of carbonyl (C=O) groups excluding carboxylic acids is 1. The highest BCUT2D eigenvalue weighted by atomic mass is 16.1. The van der Waals surface area contributed by atoms with Gasteiger partial charge in [-0.3, -0.25) is 4.79 Å². The zero-order chi connectivity index (χ0) is 15.7. The standard InChI is InChI=1S/C18H21N3O/c1-11-3-4-12(2)17(9-11)21-16-8-5-13(10-15(16)19)18(22)20-14-6-7-14/h3-5,8-10,14,21H,6-7,19H2,1-2H3,(H,20,22). The number of hydrogen-bond donors (Lipinski definition) is 3. The molecule has 2 aromatic carbocycles. The zero-order valence-corrected chi connectivity index (χ0v) is 12.9. The molecule has 22 heavy (non-hydrogen) atoms. The van der Waals surface area contributed by atoms with Crippen LogP contribution in [-0.4, -0.2) is 11.9 Å². The Morgan fingerprint density at radius 3 is 2.55 bits per heavy atom. The van der Waals surface area contributed by atoms with E-state index in [4.69, 9.17) is 5.73 Å². The van der Waals surface area contributed by atoms with Crippen LogP contribution in [0, 0.1) is 13.8 Å². The molecule has 2 aromatic rings. The van der Waals surface area contributed by atoms with Crippen LogP contribution in [0.25, 0.3) is 0 Å². The monoisotopic (exact) mass is 295 g/mol. The molecule has 0 aliphatic heterocycles. The van der Waals surface area contributed by atoms with E-state index in [-0.39, 0.29) is 5.91 Å². The number of carbonyl (C=O) groups is 1. The highest BCUT2D eigenvalue weighted by molar-refractivity contribution is 5.96. The van der Waals surface area contributed by atoms with E-state index in [1.54, 1.807) is 6.07 Å². The molecular formula is C18H21N3O. The molecule has 0 atom stereocenters. The maximum absolute atomic E-state index is 12.0. The second-order valence-electron chi connectivity index (χ2n) is 5.99. The Kier molecular flexibility index (Phi) is 3.75. The third kappa shape index (κ3) is 3.22. The third-order valence-electron chi connectivity index (χ3n) is 3.89. The van der Waals surface area contributed by atoms with Gasteiger partial charge < -0.3 is 16.4 Å². The fourth-order valence-electron chi connectivity index (χ4n) is 2.33. The van der Waals surface area contributed by atoms with Crippen molar-refractivity contribution in [2.45, 2.75) is 32.7 Å². The van der Waals surface area contributed by atoms with Crippen molar-refractivity contribution in [3.63, 3.8) is 0 Å². The molecule has 0 bridgehead atoms. The first-order valence-electron chi connectivity index (χ1n) is 7.57. The predicted molar refractivity (Wildman–Crippen MR) is 90.5 cm³/mol. The lowest BCUT2D eigenvalue weighted by Crippen LogP contribution is -2.25. The van der Waals surface area contributed by atoms with Gasteiger partial charge in [0.15, 0.2) is 0 Å². The van der Waals surface area contributed by atoms with E-state index in [1.165, 1.54) is 5.56 Å². The van der Waals surface area contributed by atoms with Crippen LogP contribution in [0.5, 0.6) is 0 Å². The summed E-state index contributed by atoms with van der Waals surface area (Å²) in [6.45, 7) is 4.11. The van der Waals surface area contributed by atoms with Gasteiger partial charge in [0, 0.05) is 17.3 Å². The van der Waals surface area contributed by atoms with Crippen molar-refractivity contribution in [2.24, 2.45) is 0 Å². The molecule has 1 saturated carbocycles. The normalized spacial score (nSPS) is 13.7. The first-order valence-corrected chi connectivity index (χ1v) is 7.57. The largest absolute Gasteiger partial charge is 0.397 e. The van der Waals surface area contributed by atoms with Crippen LogP contribution in [0.4, 0.5) is 17.1 Å². The number of nitrogens with two attached hydrogens (primary N) is 1. The number of hydrogen-bond acceptors (Lipinski definition) is 3. The number of nitrogen functional groups attached to an aromatic ring is 1. The van der Waals surface area contributed by atoms with Crippen LogP contribution < -0.4 is 16.4 Å². The number of nitrogens with one attached hydrogen (secondary N) is 2. The van der Waals surface area contributed by atoms with Crippen molar-refractivity contribution in [3.8, 4) is 0 Å². The van der Waals surface area contributed by atoms with Crippen molar-refractivity contribution >= 4 is 23.0 Å². The maximum Gasteiger partial charge on any atom is 0.251 e. The van der Waals surface area contributed by atoms with Gasteiger partial charge in [0.25, 0.3) is 5.91 Å². The van der Waals surface area contributed by atoms with Crippen LogP contribution in [0.15, 0.2) is 36.4 Å². The van der Waals surface area contributed by atoms with Crippen molar-refractivity contribution in [2.75, 3.05) is 11.1 Å². The maximum atomic E-state index is 12.0. The first-order chi connectivity index (χ1) is 10.5. The fourth-order valence-corrected chi connectivity index (χ4v) is 2.33. The summed E-state index contributed by atoms with van der Waals surface area (Å²) in [7, 11) is 0. The van der Waals surface area contributed by atoms with E-state index in [1.807, 2.05) is 12.1 Å². The Labute approximate surface area is 130 Å². The Hall–Kier alpha value is -2.49. The average molecular weight is 295 g/mol. The van der Waals surface area contributed by atoms with Gasteiger partial charge in [-0.05, 0) is 62.1 Å². The average Bonchev–Trinajstić information content (AvgIpc) is 3.28. The zero-order valence-electron chi connectivity index (χ0n) is 12.9. The molecule has 1 aliphatic rings. The van der Waals surface area contributed by atoms with E-state index in [0.717, 1.165) is 29.8 Å². The highest BCUT2D eigenvalue weighted by Gasteiger charge is 2.23. The molecule has 4 nitrogen and oxygen atoms in total. The van der Waals surface area contributed by atoms with Crippen molar-refractivity contribution in [3.05, 3.63) is 53.1 Å². The number of rotatable bonds is 4. The molecule has 1 fully saturated rings. The third-order valence-corrected chi connectivity index (χ3v) is 3.89. The minimum atomic E-state index is -0.0486. The highest BCUT2D eigenvalue weighted by Crippen LogP contribution is 2.27. The van der Waals surface area contributed by atoms with Crippen LogP contribution in [0.2, 0.25) is 0 Å². The lowest BCUT2D eigenvalue weighted by Gasteiger charge is -2.13. The summed E-state index contributed by atoms with van der Waals surface area (Å²) in [5.74, 6) is -0.0486. The summed E-state index contributed by atoms with van der Waals surface area (Å²) in [6.07, 6.45) is 2.15.